The van der Waals surface area contributed by atoms with Crippen molar-refractivity contribution in [2.45, 2.75) is 45.2 Å². The molecule has 0 bridgehead atoms. The fraction of sp³-hybridized carbons (Fsp3) is 0.692. The summed E-state index contributed by atoms with van der Waals surface area (Å²) in [6.45, 7) is 4.71. The van der Waals surface area contributed by atoms with Crippen LogP contribution < -0.4 is 5.32 Å². The zero-order chi connectivity index (χ0) is 12.5. The Balaban J connectivity index is 2.01. The van der Waals surface area contributed by atoms with Gasteiger partial charge in [0.2, 0.25) is 0 Å². The first kappa shape index (κ1) is 11.7. The normalized spacial score (nSPS) is 19.2. The fourth-order valence-electron chi connectivity index (χ4n) is 2.67. The SMILES string of the molecule is CCOC(=O)c1c(C2CCC2)nc2n1CCNC2. The zero-order valence-electron chi connectivity index (χ0n) is 10.7. The van der Waals surface area contributed by atoms with Crippen LogP contribution in [0.4, 0.5) is 0 Å². The van der Waals surface area contributed by atoms with Gasteiger partial charge in [-0.3, -0.25) is 0 Å². The first-order valence-corrected chi connectivity index (χ1v) is 6.78. The highest BCUT2D eigenvalue weighted by atomic mass is 16.5. The summed E-state index contributed by atoms with van der Waals surface area (Å²) in [5.41, 5.74) is 1.68. The molecular formula is C13H19N3O2. The highest BCUT2D eigenvalue weighted by Gasteiger charge is 2.32. The lowest BCUT2D eigenvalue weighted by atomic mass is 9.82. The van der Waals surface area contributed by atoms with Crippen LogP contribution in [0.1, 0.15) is 54.1 Å². The van der Waals surface area contributed by atoms with Gasteiger partial charge in [0.15, 0.2) is 5.69 Å². The van der Waals surface area contributed by atoms with E-state index in [2.05, 4.69) is 10.3 Å². The maximum Gasteiger partial charge on any atom is 0.356 e. The third-order valence-electron chi connectivity index (χ3n) is 3.83. The van der Waals surface area contributed by atoms with Gasteiger partial charge in [0.1, 0.15) is 5.82 Å². The van der Waals surface area contributed by atoms with Gasteiger partial charge in [-0.05, 0) is 19.8 Å². The molecule has 5 heteroatoms. The molecule has 0 spiro atoms. The highest BCUT2D eigenvalue weighted by Crippen LogP contribution is 2.38. The molecular weight excluding hydrogens is 230 g/mol. The lowest BCUT2D eigenvalue weighted by Crippen LogP contribution is -2.30. The van der Waals surface area contributed by atoms with Crippen molar-refractivity contribution in [2.75, 3.05) is 13.2 Å². The summed E-state index contributed by atoms with van der Waals surface area (Å²) < 4.78 is 7.24. The Labute approximate surface area is 107 Å². The zero-order valence-corrected chi connectivity index (χ0v) is 10.7. The van der Waals surface area contributed by atoms with Crippen LogP contribution in [0.5, 0.6) is 0 Å². The molecule has 18 heavy (non-hydrogen) atoms. The van der Waals surface area contributed by atoms with Crippen LogP contribution in [0, 0.1) is 0 Å². The van der Waals surface area contributed by atoms with E-state index in [1.54, 1.807) is 0 Å². The van der Waals surface area contributed by atoms with Crippen molar-refractivity contribution >= 4 is 5.97 Å². The van der Waals surface area contributed by atoms with Crippen LogP contribution in [0.15, 0.2) is 0 Å². The summed E-state index contributed by atoms with van der Waals surface area (Å²) in [6, 6.07) is 0. The number of hydrogen-bond donors (Lipinski definition) is 1. The average molecular weight is 249 g/mol. The molecule has 1 N–H and O–H groups in total. The molecule has 0 aromatic carbocycles. The first-order chi connectivity index (χ1) is 8.81. The molecule has 0 saturated heterocycles. The summed E-state index contributed by atoms with van der Waals surface area (Å²) >= 11 is 0. The van der Waals surface area contributed by atoms with Crippen LogP contribution >= 0.6 is 0 Å². The topological polar surface area (TPSA) is 56.1 Å². The van der Waals surface area contributed by atoms with E-state index in [4.69, 9.17) is 4.74 Å². The Morgan fingerprint density at radius 3 is 3.06 bits per heavy atom. The standard InChI is InChI=1S/C13H19N3O2/c1-2-18-13(17)12-11(9-4-3-5-9)15-10-8-14-6-7-16(10)12/h9,14H,2-8H2,1H3. The van der Waals surface area contributed by atoms with Gasteiger partial charge < -0.3 is 14.6 Å². The molecule has 0 amide bonds. The minimum atomic E-state index is -0.208. The first-order valence-electron chi connectivity index (χ1n) is 6.78. The van der Waals surface area contributed by atoms with E-state index in [0.717, 1.165) is 44.0 Å². The number of nitrogens with one attached hydrogen (secondary N) is 1. The number of esters is 1. The van der Waals surface area contributed by atoms with Gasteiger partial charge in [-0.15, -0.1) is 0 Å². The lowest BCUT2D eigenvalue weighted by molar-refractivity contribution is 0.0509. The van der Waals surface area contributed by atoms with Crippen molar-refractivity contribution in [3.63, 3.8) is 0 Å². The van der Waals surface area contributed by atoms with Crippen LogP contribution in [0.25, 0.3) is 0 Å². The number of carbonyl (C=O) groups is 1. The molecule has 5 nitrogen and oxygen atoms in total. The summed E-state index contributed by atoms with van der Waals surface area (Å²) in [7, 11) is 0. The molecule has 1 aromatic rings. The van der Waals surface area contributed by atoms with Gasteiger partial charge in [-0.2, -0.15) is 0 Å². The fourth-order valence-corrected chi connectivity index (χ4v) is 2.67. The third-order valence-corrected chi connectivity index (χ3v) is 3.83. The summed E-state index contributed by atoms with van der Waals surface area (Å²) in [6.07, 6.45) is 3.54. The van der Waals surface area contributed by atoms with E-state index in [0.29, 0.717) is 18.2 Å². The molecule has 1 aliphatic carbocycles. The van der Waals surface area contributed by atoms with Crippen molar-refractivity contribution in [1.29, 1.82) is 0 Å². The second-order valence-corrected chi connectivity index (χ2v) is 4.94. The molecule has 2 aliphatic rings. The molecule has 0 radical (unpaired) electrons. The Kier molecular flexibility index (Phi) is 3.07. The molecule has 2 heterocycles. The van der Waals surface area contributed by atoms with E-state index in [9.17, 15) is 4.79 Å². The van der Waals surface area contributed by atoms with Crippen LogP contribution in [0.2, 0.25) is 0 Å². The summed E-state index contributed by atoms with van der Waals surface area (Å²) in [4.78, 5) is 16.8. The maximum atomic E-state index is 12.1. The maximum absolute atomic E-state index is 12.1. The second kappa shape index (κ2) is 4.72. The van der Waals surface area contributed by atoms with Crippen LogP contribution in [-0.2, 0) is 17.8 Å². The van der Waals surface area contributed by atoms with Crippen LogP contribution in [0.3, 0.4) is 0 Å². The van der Waals surface area contributed by atoms with E-state index in [1.165, 1.54) is 6.42 Å². The minimum Gasteiger partial charge on any atom is -0.461 e. The molecule has 1 saturated carbocycles. The van der Waals surface area contributed by atoms with Gasteiger partial charge >= 0.3 is 5.97 Å². The Hall–Kier alpha value is -1.36. The Morgan fingerprint density at radius 2 is 2.39 bits per heavy atom. The largest absolute Gasteiger partial charge is 0.461 e. The van der Waals surface area contributed by atoms with Gasteiger partial charge in [0.25, 0.3) is 0 Å². The van der Waals surface area contributed by atoms with Crippen LogP contribution in [-0.4, -0.2) is 28.7 Å². The number of imidazole rings is 1. The molecule has 3 rings (SSSR count). The van der Waals surface area contributed by atoms with Crippen molar-refractivity contribution in [2.24, 2.45) is 0 Å². The molecule has 0 unspecified atom stereocenters. The second-order valence-electron chi connectivity index (χ2n) is 4.94. The number of hydrogen-bond acceptors (Lipinski definition) is 4. The molecule has 1 aromatic heterocycles. The number of fused-ring (bicyclic) bond motifs is 1. The Bertz CT molecular complexity index is 463. The number of ether oxygens (including phenoxy) is 1. The predicted octanol–water partition coefficient (Wildman–Crippen LogP) is 1.43. The van der Waals surface area contributed by atoms with Crippen molar-refractivity contribution < 1.29 is 9.53 Å². The lowest BCUT2D eigenvalue weighted by Gasteiger charge is -2.24. The highest BCUT2D eigenvalue weighted by molar-refractivity contribution is 5.89. The van der Waals surface area contributed by atoms with Gasteiger partial charge in [0, 0.05) is 19.0 Å². The molecule has 98 valence electrons. The Morgan fingerprint density at radius 1 is 1.56 bits per heavy atom. The number of nitrogens with zero attached hydrogens (tertiary/aromatic N) is 2. The molecule has 0 atom stereocenters. The van der Waals surface area contributed by atoms with Gasteiger partial charge in [-0.25, -0.2) is 9.78 Å². The average Bonchev–Trinajstić information content (AvgIpc) is 2.65. The molecule has 1 aliphatic heterocycles. The number of aromatic nitrogens is 2. The van der Waals surface area contributed by atoms with Gasteiger partial charge in [0.05, 0.1) is 18.8 Å². The smallest absolute Gasteiger partial charge is 0.356 e. The van der Waals surface area contributed by atoms with Crippen molar-refractivity contribution in [1.82, 2.24) is 14.9 Å². The van der Waals surface area contributed by atoms with E-state index in [-0.39, 0.29) is 5.97 Å². The summed E-state index contributed by atoms with van der Waals surface area (Å²) in [5, 5.41) is 3.29. The monoisotopic (exact) mass is 249 g/mol. The van der Waals surface area contributed by atoms with E-state index >= 15 is 0 Å². The van der Waals surface area contributed by atoms with Crippen molar-refractivity contribution in [3.8, 4) is 0 Å². The van der Waals surface area contributed by atoms with Crippen molar-refractivity contribution in [3.05, 3.63) is 17.2 Å². The quantitative estimate of drug-likeness (QED) is 0.823. The number of rotatable bonds is 3. The molecule has 1 fully saturated rings. The van der Waals surface area contributed by atoms with E-state index < -0.39 is 0 Å². The predicted molar refractivity (Wildman–Crippen MR) is 66.5 cm³/mol. The summed E-state index contributed by atoms with van der Waals surface area (Å²) in [5.74, 6) is 1.23. The van der Waals surface area contributed by atoms with E-state index in [1.807, 2.05) is 11.5 Å². The van der Waals surface area contributed by atoms with Gasteiger partial charge in [-0.1, -0.05) is 6.42 Å². The minimum absolute atomic E-state index is 0.208. The third kappa shape index (κ3) is 1.82. The number of carbonyl (C=O) groups excluding carboxylic acids is 1.